The molecule has 31 heavy (non-hydrogen) atoms. The molecular formula is C23H28ClN3O3S. The number of carbonyl (C=O) groups excluding carboxylic acids is 1. The van der Waals surface area contributed by atoms with E-state index in [-0.39, 0.29) is 5.91 Å². The maximum absolute atomic E-state index is 13.8. The van der Waals surface area contributed by atoms with Gasteiger partial charge in [-0.05, 0) is 63.1 Å². The third-order valence-electron chi connectivity index (χ3n) is 5.14. The highest BCUT2D eigenvalue weighted by atomic mass is 35.5. The average molecular weight is 462 g/mol. The lowest BCUT2D eigenvalue weighted by Gasteiger charge is -2.37. The van der Waals surface area contributed by atoms with Crippen LogP contribution in [-0.2, 0) is 20.4 Å². The van der Waals surface area contributed by atoms with Crippen molar-refractivity contribution in [3.8, 4) is 0 Å². The van der Waals surface area contributed by atoms with Crippen molar-refractivity contribution in [2.75, 3.05) is 11.0 Å². The molecule has 1 aromatic heterocycles. The lowest BCUT2D eigenvalue weighted by Crippen LogP contribution is -2.54. The molecule has 1 atom stereocenters. The lowest BCUT2D eigenvalue weighted by atomic mass is 9.84. The summed E-state index contributed by atoms with van der Waals surface area (Å²) in [5.74, 6) is -0.149. The highest BCUT2D eigenvalue weighted by molar-refractivity contribution is 7.92. The Bertz CT molecular complexity index is 1210. The van der Waals surface area contributed by atoms with Crippen molar-refractivity contribution >= 4 is 44.1 Å². The van der Waals surface area contributed by atoms with E-state index in [0.717, 1.165) is 17.3 Å². The monoisotopic (exact) mass is 461 g/mol. The van der Waals surface area contributed by atoms with Crippen molar-refractivity contribution in [1.29, 1.82) is 0 Å². The van der Waals surface area contributed by atoms with E-state index in [4.69, 9.17) is 11.6 Å². The van der Waals surface area contributed by atoms with E-state index in [0.29, 0.717) is 22.5 Å². The third kappa shape index (κ3) is 4.72. The molecule has 3 aromatic rings. The molecule has 2 N–H and O–H groups in total. The summed E-state index contributed by atoms with van der Waals surface area (Å²) in [6.45, 7) is 7.78. The minimum absolute atomic E-state index is 0.149. The standard InChI is InChI=1S/C23H28ClN3O3S/c1-6-23(21(28)25-22(2,3)4,16-10-12-17(24)13-11-16)27-15-14-18-19(26-31(5,29)30)8-7-9-20(18)27/h7-15,26H,6H2,1-5H3,(H,25,28)/t23-/m1/s1. The predicted molar refractivity (Wildman–Crippen MR) is 127 cm³/mol. The molecule has 3 rings (SSSR count). The summed E-state index contributed by atoms with van der Waals surface area (Å²) in [6, 6.07) is 14.5. The molecule has 0 saturated carbocycles. The van der Waals surface area contributed by atoms with Gasteiger partial charge in [0, 0.05) is 22.1 Å². The normalized spacial score (nSPS) is 14.3. The Kier molecular flexibility index (Phi) is 6.13. The summed E-state index contributed by atoms with van der Waals surface area (Å²) in [7, 11) is -3.45. The van der Waals surface area contributed by atoms with Gasteiger partial charge in [-0.15, -0.1) is 0 Å². The number of hydrogen-bond donors (Lipinski definition) is 2. The fraction of sp³-hybridized carbons (Fsp3) is 0.348. The number of nitrogens with zero attached hydrogens (tertiary/aromatic N) is 1. The quantitative estimate of drug-likeness (QED) is 0.556. The van der Waals surface area contributed by atoms with E-state index in [1.807, 2.05) is 62.7 Å². The minimum atomic E-state index is -3.45. The third-order valence-corrected chi connectivity index (χ3v) is 5.98. The van der Waals surface area contributed by atoms with Gasteiger partial charge in [0.25, 0.3) is 5.91 Å². The van der Waals surface area contributed by atoms with Crippen LogP contribution in [0.3, 0.4) is 0 Å². The maximum Gasteiger partial charge on any atom is 0.251 e. The fourth-order valence-corrected chi connectivity index (χ4v) is 4.58. The van der Waals surface area contributed by atoms with Gasteiger partial charge >= 0.3 is 0 Å². The summed E-state index contributed by atoms with van der Waals surface area (Å²) in [6.07, 6.45) is 3.42. The van der Waals surface area contributed by atoms with Gasteiger partial charge in [0.1, 0.15) is 5.54 Å². The van der Waals surface area contributed by atoms with Gasteiger partial charge in [-0.3, -0.25) is 9.52 Å². The maximum atomic E-state index is 13.8. The molecule has 0 saturated heterocycles. The van der Waals surface area contributed by atoms with E-state index in [1.54, 1.807) is 24.3 Å². The molecule has 6 nitrogen and oxygen atoms in total. The van der Waals surface area contributed by atoms with Gasteiger partial charge in [-0.2, -0.15) is 0 Å². The first-order valence-electron chi connectivity index (χ1n) is 10.0. The molecule has 0 fully saturated rings. The van der Waals surface area contributed by atoms with Crippen LogP contribution < -0.4 is 10.0 Å². The number of benzene rings is 2. The van der Waals surface area contributed by atoms with Crippen molar-refractivity contribution in [3.05, 3.63) is 65.3 Å². The Hall–Kier alpha value is -2.51. The number of halogens is 1. The summed E-state index contributed by atoms with van der Waals surface area (Å²) >= 11 is 6.12. The van der Waals surface area contributed by atoms with Gasteiger partial charge < -0.3 is 9.88 Å². The van der Waals surface area contributed by atoms with E-state index < -0.39 is 21.1 Å². The van der Waals surface area contributed by atoms with Crippen LogP contribution in [-0.4, -0.2) is 30.7 Å². The van der Waals surface area contributed by atoms with Gasteiger partial charge in [0.15, 0.2) is 0 Å². The van der Waals surface area contributed by atoms with Gasteiger partial charge in [-0.25, -0.2) is 8.42 Å². The number of anilines is 1. The smallest absolute Gasteiger partial charge is 0.251 e. The molecule has 8 heteroatoms. The Balaban J connectivity index is 2.29. The molecule has 1 amide bonds. The number of hydrogen-bond acceptors (Lipinski definition) is 3. The predicted octanol–water partition coefficient (Wildman–Crippen LogP) is 4.73. The topological polar surface area (TPSA) is 80.2 Å². The molecule has 0 spiro atoms. The summed E-state index contributed by atoms with van der Waals surface area (Å²) in [5.41, 5.74) is 0.518. The zero-order valence-electron chi connectivity index (χ0n) is 18.4. The molecule has 0 aliphatic carbocycles. The van der Waals surface area contributed by atoms with Gasteiger partial charge in [0.2, 0.25) is 10.0 Å². The molecular weight excluding hydrogens is 434 g/mol. The second kappa shape index (κ2) is 8.20. The molecule has 0 radical (unpaired) electrons. The molecule has 2 aromatic carbocycles. The number of nitrogens with one attached hydrogen (secondary N) is 2. The summed E-state index contributed by atoms with van der Waals surface area (Å²) in [4.78, 5) is 13.8. The van der Waals surface area contributed by atoms with Crippen LogP contribution in [0.5, 0.6) is 0 Å². The SMILES string of the molecule is CC[C@](C(=O)NC(C)(C)C)(c1ccc(Cl)cc1)n1ccc2c(NS(C)(=O)=O)cccc21. The van der Waals surface area contributed by atoms with E-state index >= 15 is 0 Å². The Morgan fingerprint density at radius 1 is 1.06 bits per heavy atom. The first kappa shape index (κ1) is 23.2. The highest BCUT2D eigenvalue weighted by Crippen LogP contribution is 2.37. The Morgan fingerprint density at radius 3 is 2.26 bits per heavy atom. The van der Waals surface area contributed by atoms with Crippen molar-refractivity contribution in [2.45, 2.75) is 45.2 Å². The van der Waals surface area contributed by atoms with Crippen molar-refractivity contribution in [2.24, 2.45) is 0 Å². The van der Waals surface area contributed by atoms with Crippen molar-refractivity contribution in [3.63, 3.8) is 0 Å². The van der Waals surface area contributed by atoms with Crippen molar-refractivity contribution < 1.29 is 13.2 Å². The van der Waals surface area contributed by atoms with E-state index in [9.17, 15) is 13.2 Å². The van der Waals surface area contributed by atoms with E-state index in [2.05, 4.69) is 10.0 Å². The number of fused-ring (bicyclic) bond motifs is 1. The highest BCUT2D eigenvalue weighted by Gasteiger charge is 2.42. The second-order valence-electron chi connectivity index (χ2n) is 8.72. The molecule has 0 aliphatic heterocycles. The van der Waals surface area contributed by atoms with Gasteiger partial charge in [-0.1, -0.05) is 36.7 Å². The number of amides is 1. The zero-order valence-corrected chi connectivity index (χ0v) is 19.9. The fourth-order valence-electron chi connectivity index (χ4n) is 3.87. The van der Waals surface area contributed by atoms with Crippen LogP contribution in [0.15, 0.2) is 54.7 Å². The Morgan fingerprint density at radius 2 is 1.71 bits per heavy atom. The number of sulfonamides is 1. The van der Waals surface area contributed by atoms with Crippen LogP contribution in [0.1, 0.15) is 39.7 Å². The van der Waals surface area contributed by atoms with Gasteiger partial charge in [0.05, 0.1) is 17.5 Å². The number of rotatable bonds is 6. The molecule has 0 aliphatic rings. The number of carbonyl (C=O) groups is 1. The second-order valence-corrected chi connectivity index (χ2v) is 10.9. The molecule has 1 heterocycles. The van der Waals surface area contributed by atoms with Crippen molar-refractivity contribution in [1.82, 2.24) is 9.88 Å². The first-order chi connectivity index (χ1) is 14.4. The van der Waals surface area contributed by atoms with Crippen LogP contribution in [0.25, 0.3) is 10.9 Å². The summed E-state index contributed by atoms with van der Waals surface area (Å²) in [5, 5.41) is 4.42. The zero-order chi connectivity index (χ0) is 23.0. The molecule has 0 bridgehead atoms. The first-order valence-corrected chi connectivity index (χ1v) is 12.3. The molecule has 166 valence electrons. The van der Waals surface area contributed by atoms with Crippen LogP contribution >= 0.6 is 11.6 Å². The lowest BCUT2D eigenvalue weighted by molar-refractivity contribution is -0.129. The van der Waals surface area contributed by atoms with Crippen LogP contribution in [0, 0.1) is 0 Å². The number of aromatic nitrogens is 1. The van der Waals surface area contributed by atoms with Crippen LogP contribution in [0.4, 0.5) is 5.69 Å². The summed E-state index contributed by atoms with van der Waals surface area (Å²) < 4.78 is 28.1. The average Bonchev–Trinajstić information content (AvgIpc) is 3.07. The van der Waals surface area contributed by atoms with Crippen LogP contribution in [0.2, 0.25) is 5.02 Å². The minimum Gasteiger partial charge on any atom is -0.349 e. The molecule has 0 unspecified atom stereocenters. The Labute approximate surface area is 188 Å². The van der Waals surface area contributed by atoms with E-state index in [1.165, 1.54) is 0 Å². The largest absolute Gasteiger partial charge is 0.349 e.